The molecule has 12 nitrogen and oxygen atoms in total. The van der Waals surface area contributed by atoms with Crippen molar-refractivity contribution in [2.45, 2.75) is 69.0 Å². The lowest BCUT2D eigenvalue weighted by Gasteiger charge is -2.34. The molecule has 3 aliphatic carbocycles. The van der Waals surface area contributed by atoms with Gasteiger partial charge < -0.3 is 39.4 Å². The van der Waals surface area contributed by atoms with E-state index in [1.54, 1.807) is 0 Å². The number of benzene rings is 4. The highest BCUT2D eigenvalue weighted by molar-refractivity contribution is 5.86. The largest absolute Gasteiger partial charge is 0.491 e. The number of fused-ring (bicyclic) bond motifs is 3. The summed E-state index contributed by atoms with van der Waals surface area (Å²) in [6.45, 7) is -0.560. The van der Waals surface area contributed by atoms with Crippen LogP contribution < -0.4 is 9.47 Å². The van der Waals surface area contributed by atoms with Gasteiger partial charge in [-0.25, -0.2) is 0 Å². The molecule has 0 aromatic heterocycles. The van der Waals surface area contributed by atoms with Gasteiger partial charge in [-0.2, -0.15) is 0 Å². The van der Waals surface area contributed by atoms with Crippen LogP contribution in [0.3, 0.4) is 0 Å². The van der Waals surface area contributed by atoms with Crippen molar-refractivity contribution >= 4 is 23.7 Å². The van der Waals surface area contributed by atoms with Crippen LogP contribution in [0, 0.1) is 23.7 Å². The number of Topliss-reactive ketones (excluding diaryl/α,β-unsaturated/α-hetero) is 1. The van der Waals surface area contributed by atoms with Gasteiger partial charge in [0.2, 0.25) is 0 Å². The van der Waals surface area contributed by atoms with E-state index in [2.05, 4.69) is 24.3 Å². The molecule has 0 heterocycles. The minimum Gasteiger partial charge on any atom is -0.491 e. The van der Waals surface area contributed by atoms with Gasteiger partial charge in [-0.05, 0) is 109 Å². The average molecular weight is 821 g/mol. The molecule has 0 bridgehead atoms. The summed E-state index contributed by atoms with van der Waals surface area (Å²) in [5.41, 5.74) is 5.75. The zero-order chi connectivity index (χ0) is 42.2. The van der Waals surface area contributed by atoms with Crippen LogP contribution in [-0.4, -0.2) is 89.4 Å². The fraction of sp³-hybridized carbons (Fsp3) is 0.417. The molecule has 0 aliphatic heterocycles. The van der Waals surface area contributed by atoms with Crippen molar-refractivity contribution in [2.75, 3.05) is 33.0 Å². The van der Waals surface area contributed by atoms with Crippen LogP contribution in [0.25, 0.3) is 11.1 Å². The number of carbonyl (C=O) groups is 4. The number of aliphatic hydroxyl groups is 2. The minimum atomic E-state index is -1.05. The number of aliphatic carboxylic acids is 2. The minimum absolute atomic E-state index is 0.0395. The second-order valence-electron chi connectivity index (χ2n) is 16.2. The third-order valence-electron chi connectivity index (χ3n) is 12.3. The highest BCUT2D eigenvalue weighted by Gasteiger charge is 2.46. The highest BCUT2D eigenvalue weighted by Crippen LogP contribution is 2.56. The molecule has 12 heteroatoms. The standard InChI is InChI=1S/C48H52O12/c49-36(25-57-29-44(51)30-9-11-31(12-10-30)45(52)53)26-58-38-21-17-34(18-22-38)48(42-7-3-1-5-40(42)41-6-2-4-8-43(41)48)35-19-23-39(24-20-35)59-27-37(50)28-60-47(56)33-15-13-32(14-16-33)46(54)55/h1-8,17-24,30-33,36-37,49-50H,9-16,25-29H2,(H,52,53)(H,54,55). The molecule has 0 radical (unpaired) electrons. The molecule has 2 saturated carbocycles. The summed E-state index contributed by atoms with van der Waals surface area (Å²) in [5.74, 6) is -2.45. The number of carbonyl (C=O) groups excluding carboxylic acids is 2. The van der Waals surface area contributed by atoms with Crippen molar-refractivity contribution in [1.29, 1.82) is 0 Å². The number of carboxylic acids is 2. The summed E-state index contributed by atoms with van der Waals surface area (Å²) in [7, 11) is 0. The number of ether oxygens (including phenoxy) is 4. The van der Waals surface area contributed by atoms with E-state index in [-0.39, 0.29) is 50.7 Å². The third kappa shape index (κ3) is 9.41. The molecule has 2 unspecified atom stereocenters. The van der Waals surface area contributed by atoms with E-state index >= 15 is 0 Å². The second-order valence-corrected chi connectivity index (χ2v) is 16.2. The lowest BCUT2D eigenvalue weighted by molar-refractivity contribution is -0.155. The predicted octanol–water partition coefficient (Wildman–Crippen LogP) is 6.44. The molecule has 2 fully saturated rings. The van der Waals surface area contributed by atoms with Crippen LogP contribution in [0.15, 0.2) is 97.1 Å². The molecule has 0 amide bonds. The summed E-state index contributed by atoms with van der Waals surface area (Å²) in [4.78, 5) is 47.6. The van der Waals surface area contributed by atoms with Gasteiger partial charge in [0.25, 0.3) is 0 Å². The maximum absolute atomic E-state index is 12.6. The molecule has 0 saturated heterocycles. The van der Waals surface area contributed by atoms with Crippen LogP contribution >= 0.6 is 0 Å². The van der Waals surface area contributed by atoms with Gasteiger partial charge in [-0.15, -0.1) is 0 Å². The Balaban J connectivity index is 0.981. The van der Waals surface area contributed by atoms with Gasteiger partial charge in [0, 0.05) is 5.92 Å². The monoisotopic (exact) mass is 820 g/mol. The van der Waals surface area contributed by atoms with Crippen molar-refractivity contribution in [3.63, 3.8) is 0 Å². The molecule has 2 atom stereocenters. The SMILES string of the molecule is O=C(O)C1CCC(C(=O)COCC(O)COc2ccc(C3(c4ccc(OCC(O)COC(=O)C5CCC(C(=O)O)CC5)cc4)c4ccccc4-c4ccccc43)cc2)CC1. The van der Waals surface area contributed by atoms with Crippen LogP contribution in [0.4, 0.5) is 0 Å². The predicted molar refractivity (Wildman–Crippen MR) is 220 cm³/mol. The van der Waals surface area contributed by atoms with E-state index in [0.717, 1.165) is 33.4 Å². The maximum Gasteiger partial charge on any atom is 0.309 e. The van der Waals surface area contributed by atoms with Gasteiger partial charge in [-0.3, -0.25) is 19.2 Å². The number of ketones is 1. The lowest BCUT2D eigenvalue weighted by Crippen LogP contribution is -2.30. The zero-order valence-corrected chi connectivity index (χ0v) is 33.4. The van der Waals surface area contributed by atoms with Gasteiger partial charge in [0.1, 0.15) is 50.1 Å². The molecule has 316 valence electrons. The fourth-order valence-corrected chi connectivity index (χ4v) is 9.06. The summed E-state index contributed by atoms with van der Waals surface area (Å²) >= 11 is 0. The van der Waals surface area contributed by atoms with E-state index in [1.165, 1.54) is 0 Å². The quantitative estimate of drug-likeness (QED) is 0.0711. The number of esters is 1. The molecule has 4 aromatic carbocycles. The lowest BCUT2D eigenvalue weighted by atomic mass is 9.68. The molecule has 7 rings (SSSR count). The second kappa shape index (κ2) is 19.2. The normalized spacial score (nSPS) is 21.4. The molecule has 60 heavy (non-hydrogen) atoms. The van der Waals surface area contributed by atoms with Crippen LogP contribution in [0.1, 0.15) is 73.6 Å². The Morgan fingerprint density at radius 1 is 0.533 bits per heavy atom. The Hall–Kier alpha value is -5.56. The number of carboxylic acid groups (broad SMARTS) is 2. The van der Waals surface area contributed by atoms with Crippen LogP contribution in [0.2, 0.25) is 0 Å². The van der Waals surface area contributed by atoms with E-state index in [4.69, 9.17) is 18.9 Å². The summed E-state index contributed by atoms with van der Waals surface area (Å²) in [6.07, 6.45) is 1.81. The summed E-state index contributed by atoms with van der Waals surface area (Å²) in [6, 6.07) is 32.2. The van der Waals surface area contributed by atoms with Crippen molar-refractivity contribution in [2.24, 2.45) is 23.7 Å². The topological polar surface area (TPSA) is 186 Å². The average Bonchev–Trinajstić information content (AvgIpc) is 3.58. The maximum atomic E-state index is 12.6. The number of rotatable bonds is 18. The number of hydrogen-bond donors (Lipinski definition) is 4. The Labute approximate surface area is 349 Å². The van der Waals surface area contributed by atoms with E-state index in [9.17, 15) is 39.6 Å². The Morgan fingerprint density at radius 2 is 0.950 bits per heavy atom. The number of hydrogen-bond acceptors (Lipinski definition) is 10. The Bertz CT molecular complexity index is 2070. The highest BCUT2D eigenvalue weighted by atomic mass is 16.5. The first-order chi connectivity index (χ1) is 29.0. The van der Waals surface area contributed by atoms with Gasteiger partial charge in [0.15, 0.2) is 5.78 Å². The summed E-state index contributed by atoms with van der Waals surface area (Å²) < 4.78 is 22.8. The molecule has 4 N–H and O–H groups in total. The molecular formula is C48H52O12. The van der Waals surface area contributed by atoms with Crippen molar-refractivity contribution in [1.82, 2.24) is 0 Å². The number of aliphatic hydroxyl groups excluding tert-OH is 2. The van der Waals surface area contributed by atoms with Crippen LogP contribution in [0.5, 0.6) is 11.5 Å². The van der Waals surface area contributed by atoms with Gasteiger partial charge in [0.05, 0.1) is 29.8 Å². The molecule has 3 aliphatic rings. The zero-order valence-electron chi connectivity index (χ0n) is 33.4. The fourth-order valence-electron chi connectivity index (χ4n) is 9.06. The van der Waals surface area contributed by atoms with Crippen molar-refractivity contribution in [3.05, 3.63) is 119 Å². The van der Waals surface area contributed by atoms with E-state index in [1.807, 2.05) is 72.8 Å². The van der Waals surface area contributed by atoms with Crippen LogP contribution in [-0.2, 0) is 34.1 Å². The van der Waals surface area contributed by atoms with Crippen molar-refractivity contribution < 1.29 is 58.6 Å². The van der Waals surface area contributed by atoms with E-state index in [0.29, 0.717) is 62.9 Å². The molecule has 0 spiro atoms. The van der Waals surface area contributed by atoms with E-state index < -0.39 is 47.4 Å². The van der Waals surface area contributed by atoms with Gasteiger partial charge >= 0.3 is 17.9 Å². The smallest absolute Gasteiger partial charge is 0.309 e. The summed E-state index contributed by atoms with van der Waals surface area (Å²) in [5, 5.41) is 39.6. The first kappa shape index (κ1) is 42.6. The Kier molecular flexibility index (Phi) is 13.6. The third-order valence-corrected chi connectivity index (χ3v) is 12.3. The first-order valence-electron chi connectivity index (χ1n) is 20.8. The Morgan fingerprint density at radius 3 is 1.42 bits per heavy atom. The van der Waals surface area contributed by atoms with Crippen molar-refractivity contribution in [3.8, 4) is 22.6 Å². The molecule has 4 aromatic rings. The first-order valence-corrected chi connectivity index (χ1v) is 20.8. The molecular weight excluding hydrogens is 769 g/mol. The van der Waals surface area contributed by atoms with Gasteiger partial charge in [-0.1, -0.05) is 72.8 Å².